The normalized spacial score (nSPS) is 17.8. The second-order valence-electron chi connectivity index (χ2n) is 8.14. The van der Waals surface area contributed by atoms with Crippen molar-refractivity contribution < 1.29 is 19.5 Å². The molecular formula is C27H25N3O4S. The van der Waals surface area contributed by atoms with Crippen LogP contribution in [0.25, 0.3) is 0 Å². The zero-order chi connectivity index (χ0) is 24.6. The van der Waals surface area contributed by atoms with Gasteiger partial charge in [0.2, 0.25) is 11.8 Å². The summed E-state index contributed by atoms with van der Waals surface area (Å²) in [5.74, 6) is -2.84. The lowest BCUT2D eigenvalue weighted by Crippen LogP contribution is -2.34. The lowest BCUT2D eigenvalue weighted by atomic mass is 9.82. The number of amides is 2. The molecule has 0 saturated heterocycles. The number of hydrogen-bond acceptors (Lipinski definition) is 5. The summed E-state index contributed by atoms with van der Waals surface area (Å²) in [5.41, 5.74) is 2.05. The van der Waals surface area contributed by atoms with Crippen LogP contribution in [0.1, 0.15) is 23.7 Å². The minimum absolute atomic E-state index is 0.180. The largest absolute Gasteiger partial charge is 0.481 e. The summed E-state index contributed by atoms with van der Waals surface area (Å²) in [7, 11) is 0. The van der Waals surface area contributed by atoms with Gasteiger partial charge in [0.1, 0.15) is 5.25 Å². The van der Waals surface area contributed by atoms with Gasteiger partial charge in [0.25, 0.3) is 0 Å². The van der Waals surface area contributed by atoms with E-state index < -0.39 is 23.1 Å². The van der Waals surface area contributed by atoms with Crippen molar-refractivity contribution in [1.29, 1.82) is 0 Å². The van der Waals surface area contributed by atoms with Crippen molar-refractivity contribution >= 4 is 40.9 Å². The van der Waals surface area contributed by atoms with Gasteiger partial charge in [-0.05, 0) is 48.7 Å². The van der Waals surface area contributed by atoms with E-state index in [0.717, 1.165) is 10.5 Å². The Labute approximate surface area is 207 Å². The minimum atomic E-state index is -0.968. The molecule has 4 rings (SSSR count). The average Bonchev–Trinajstić information content (AvgIpc) is 2.88. The van der Waals surface area contributed by atoms with Crippen LogP contribution in [0.3, 0.4) is 0 Å². The zero-order valence-corrected chi connectivity index (χ0v) is 19.7. The topological polar surface area (TPSA) is 108 Å². The molecule has 0 spiro atoms. The maximum absolute atomic E-state index is 13.2. The summed E-state index contributed by atoms with van der Waals surface area (Å²) < 4.78 is 0. The predicted molar refractivity (Wildman–Crippen MR) is 136 cm³/mol. The third-order valence-corrected chi connectivity index (χ3v) is 6.98. The molecule has 1 heterocycles. The second-order valence-corrected chi connectivity index (χ2v) is 9.32. The highest BCUT2D eigenvalue weighted by atomic mass is 32.2. The molecule has 35 heavy (non-hydrogen) atoms. The number of thioether (sulfide) groups is 1. The van der Waals surface area contributed by atoms with E-state index in [1.54, 1.807) is 48.8 Å². The molecule has 7 nitrogen and oxygen atoms in total. The van der Waals surface area contributed by atoms with Crippen LogP contribution in [0.5, 0.6) is 0 Å². The van der Waals surface area contributed by atoms with Crippen LogP contribution in [-0.2, 0) is 14.4 Å². The number of rotatable bonds is 8. The molecule has 178 valence electrons. The van der Waals surface area contributed by atoms with Gasteiger partial charge in [0, 0.05) is 28.7 Å². The van der Waals surface area contributed by atoms with E-state index in [1.807, 2.05) is 42.5 Å². The molecule has 3 aromatic rings. The summed E-state index contributed by atoms with van der Waals surface area (Å²) in [5, 5.41) is 14.7. The Balaban J connectivity index is 1.51. The molecule has 8 heteroatoms. The van der Waals surface area contributed by atoms with E-state index >= 15 is 0 Å². The number of hydrogen-bond donors (Lipinski definition) is 3. The first-order valence-electron chi connectivity index (χ1n) is 11.2. The molecule has 0 fully saturated rings. The minimum Gasteiger partial charge on any atom is -0.481 e. The fraction of sp³-hybridized carbons (Fsp3) is 0.185. The van der Waals surface area contributed by atoms with Gasteiger partial charge in [-0.1, -0.05) is 48.6 Å². The maximum atomic E-state index is 13.2. The Bertz CT molecular complexity index is 1220. The SMILES string of the molecule is O=C(Nc1ccncc1)C(Sc1cccc(NC(=O)C2CC=CCC2C(=O)O)c1)c1ccccc1. The molecule has 2 aromatic carbocycles. The van der Waals surface area contributed by atoms with Crippen LogP contribution in [0.2, 0.25) is 0 Å². The van der Waals surface area contributed by atoms with Gasteiger partial charge in [0.15, 0.2) is 0 Å². The van der Waals surface area contributed by atoms with Gasteiger partial charge in [-0.25, -0.2) is 0 Å². The van der Waals surface area contributed by atoms with Crippen molar-refractivity contribution in [3.05, 3.63) is 96.8 Å². The first kappa shape index (κ1) is 24.2. The van der Waals surface area contributed by atoms with Crippen LogP contribution in [0.15, 0.2) is 96.2 Å². The fourth-order valence-corrected chi connectivity index (χ4v) is 5.02. The van der Waals surface area contributed by atoms with Gasteiger partial charge < -0.3 is 15.7 Å². The predicted octanol–water partition coefficient (Wildman–Crippen LogP) is 5.16. The van der Waals surface area contributed by atoms with Gasteiger partial charge in [-0.2, -0.15) is 0 Å². The lowest BCUT2D eigenvalue weighted by molar-refractivity contribution is -0.146. The summed E-state index contributed by atoms with van der Waals surface area (Å²) in [6.07, 6.45) is 7.62. The molecule has 0 aliphatic heterocycles. The molecule has 0 radical (unpaired) electrons. The Morgan fingerprint density at radius 1 is 0.857 bits per heavy atom. The van der Waals surface area contributed by atoms with Crippen LogP contribution < -0.4 is 10.6 Å². The first-order valence-corrected chi connectivity index (χ1v) is 12.1. The quantitative estimate of drug-likeness (QED) is 0.299. The number of carboxylic acid groups (broad SMARTS) is 1. The summed E-state index contributed by atoms with van der Waals surface area (Å²) in [6.45, 7) is 0. The Hall–Kier alpha value is -3.91. The highest BCUT2D eigenvalue weighted by molar-refractivity contribution is 8.00. The van der Waals surface area contributed by atoms with Crippen molar-refractivity contribution in [2.45, 2.75) is 23.0 Å². The summed E-state index contributed by atoms with van der Waals surface area (Å²) in [4.78, 5) is 42.4. The molecule has 0 bridgehead atoms. The van der Waals surface area contributed by atoms with E-state index in [4.69, 9.17) is 0 Å². The van der Waals surface area contributed by atoms with Crippen LogP contribution in [0, 0.1) is 11.8 Å². The average molecular weight is 488 g/mol. The Kier molecular flexibility index (Phi) is 7.95. The number of nitrogens with one attached hydrogen (secondary N) is 2. The van der Waals surface area contributed by atoms with Crippen molar-refractivity contribution in [1.82, 2.24) is 4.98 Å². The number of nitrogens with zero attached hydrogens (tertiary/aromatic N) is 1. The van der Waals surface area contributed by atoms with Gasteiger partial charge in [0.05, 0.1) is 11.8 Å². The number of pyridine rings is 1. The molecule has 1 aliphatic rings. The van der Waals surface area contributed by atoms with Crippen LogP contribution >= 0.6 is 11.8 Å². The summed E-state index contributed by atoms with van der Waals surface area (Å²) in [6, 6.07) is 20.2. The Morgan fingerprint density at radius 2 is 1.57 bits per heavy atom. The van der Waals surface area contributed by atoms with E-state index in [9.17, 15) is 19.5 Å². The number of allylic oxidation sites excluding steroid dienone is 2. The van der Waals surface area contributed by atoms with Gasteiger partial charge >= 0.3 is 5.97 Å². The number of anilines is 2. The number of benzene rings is 2. The van der Waals surface area contributed by atoms with Crippen molar-refractivity contribution in [2.24, 2.45) is 11.8 Å². The van der Waals surface area contributed by atoms with Crippen molar-refractivity contribution in [3.8, 4) is 0 Å². The number of carbonyl (C=O) groups excluding carboxylic acids is 2. The van der Waals surface area contributed by atoms with Crippen molar-refractivity contribution in [2.75, 3.05) is 10.6 Å². The molecule has 3 N–H and O–H groups in total. The smallest absolute Gasteiger partial charge is 0.307 e. The van der Waals surface area contributed by atoms with Gasteiger partial charge in [-0.15, -0.1) is 11.8 Å². The fourth-order valence-electron chi connectivity index (χ4n) is 3.94. The monoisotopic (exact) mass is 487 g/mol. The summed E-state index contributed by atoms with van der Waals surface area (Å²) >= 11 is 1.37. The van der Waals surface area contributed by atoms with Crippen molar-refractivity contribution in [3.63, 3.8) is 0 Å². The number of aliphatic carboxylic acids is 1. The molecular weight excluding hydrogens is 462 g/mol. The molecule has 0 saturated carbocycles. The highest BCUT2D eigenvalue weighted by Gasteiger charge is 2.34. The first-order chi connectivity index (χ1) is 17.0. The van der Waals surface area contributed by atoms with E-state index in [2.05, 4.69) is 15.6 Å². The number of carbonyl (C=O) groups is 3. The van der Waals surface area contributed by atoms with E-state index in [1.165, 1.54) is 11.8 Å². The third-order valence-electron chi connectivity index (χ3n) is 5.73. The molecule has 1 aliphatic carbocycles. The van der Waals surface area contributed by atoms with Crippen LogP contribution in [-0.4, -0.2) is 27.9 Å². The molecule has 1 aromatic heterocycles. The van der Waals surface area contributed by atoms with Crippen LogP contribution in [0.4, 0.5) is 11.4 Å². The van der Waals surface area contributed by atoms with E-state index in [-0.39, 0.29) is 11.8 Å². The number of carboxylic acids is 1. The number of aromatic nitrogens is 1. The molecule has 2 amide bonds. The zero-order valence-electron chi connectivity index (χ0n) is 18.8. The lowest BCUT2D eigenvalue weighted by Gasteiger charge is -2.24. The second kappa shape index (κ2) is 11.5. The van der Waals surface area contributed by atoms with Gasteiger partial charge in [-0.3, -0.25) is 19.4 Å². The molecule has 3 unspecified atom stereocenters. The maximum Gasteiger partial charge on any atom is 0.307 e. The highest BCUT2D eigenvalue weighted by Crippen LogP contribution is 2.37. The third kappa shape index (κ3) is 6.36. The standard InChI is InChI=1S/C27H25N3O4S/c31-25(22-11-4-5-12-23(22)27(33)34)30-20-9-6-10-21(17-20)35-24(18-7-2-1-3-8-18)26(32)29-19-13-15-28-16-14-19/h1-10,13-17,22-24H,11-12H2,(H,30,31)(H,33,34)(H,28,29,32). The van der Waals surface area contributed by atoms with E-state index in [0.29, 0.717) is 24.2 Å². The molecule has 3 atom stereocenters. The Morgan fingerprint density at radius 3 is 2.29 bits per heavy atom.